The number of carbonyl (C=O) groups is 3. The van der Waals surface area contributed by atoms with Gasteiger partial charge in [0.15, 0.2) is 0 Å². The molecular weight excluding hydrogens is 526 g/mol. The fourth-order valence-electron chi connectivity index (χ4n) is 7.14. The van der Waals surface area contributed by atoms with Crippen molar-refractivity contribution in [3.05, 3.63) is 36.9 Å². The highest BCUT2D eigenvalue weighted by atomic mass is 32.2. The number of rotatable bonds is 14. The number of aliphatic hydroxyl groups excluding tert-OH is 1. The third-order valence-corrected chi connectivity index (χ3v) is 11.0. The molecule has 5 atom stereocenters. The predicted octanol–water partition coefficient (Wildman–Crippen LogP) is 4.26. The second-order valence-electron chi connectivity index (χ2n) is 11.2. The van der Waals surface area contributed by atoms with Crippen LogP contribution in [0.2, 0.25) is 0 Å². The third-order valence-electron chi connectivity index (χ3n) is 8.98. The van der Waals surface area contributed by atoms with Crippen LogP contribution < -0.4 is 9.80 Å². The largest absolute Gasteiger partial charge is 0.466 e. The summed E-state index contributed by atoms with van der Waals surface area (Å²) in [6.07, 6.45) is 5.27. The van der Waals surface area contributed by atoms with Crippen LogP contribution in [-0.4, -0.2) is 82.7 Å². The number of aliphatic hydroxyl groups is 1. The van der Waals surface area contributed by atoms with Crippen molar-refractivity contribution >= 4 is 40.9 Å². The minimum absolute atomic E-state index is 0.0958. The molecule has 2 unspecified atom stereocenters. The first kappa shape index (κ1) is 30.4. The number of likely N-dealkylation sites (tertiary alicyclic amines) is 1. The molecule has 9 heteroatoms. The van der Waals surface area contributed by atoms with E-state index in [1.54, 1.807) is 34.6 Å². The summed E-state index contributed by atoms with van der Waals surface area (Å²) in [5.74, 6) is -1.74. The Balaban J connectivity index is 1.73. The van der Waals surface area contributed by atoms with Gasteiger partial charge in [0.2, 0.25) is 5.91 Å². The van der Waals surface area contributed by atoms with Crippen LogP contribution in [-0.2, 0) is 19.1 Å². The van der Waals surface area contributed by atoms with Gasteiger partial charge in [0.1, 0.15) is 6.04 Å². The van der Waals surface area contributed by atoms with Crippen LogP contribution in [0.3, 0.4) is 0 Å². The molecule has 3 aliphatic rings. The van der Waals surface area contributed by atoms with Gasteiger partial charge in [-0.25, -0.2) is 0 Å². The summed E-state index contributed by atoms with van der Waals surface area (Å²) < 4.78 is 4.36. The molecule has 0 saturated carbocycles. The smallest absolute Gasteiger partial charge is 0.311 e. The van der Waals surface area contributed by atoms with Gasteiger partial charge in [-0.05, 0) is 84.1 Å². The molecule has 40 heavy (non-hydrogen) atoms. The molecule has 1 aromatic carbocycles. The Bertz CT molecular complexity index is 1090. The van der Waals surface area contributed by atoms with Crippen molar-refractivity contribution < 1.29 is 24.2 Å². The van der Waals surface area contributed by atoms with Crippen LogP contribution >= 0.6 is 11.8 Å². The minimum atomic E-state index is -0.687. The first-order valence-corrected chi connectivity index (χ1v) is 15.6. The highest BCUT2D eigenvalue weighted by molar-refractivity contribution is 8.02. The van der Waals surface area contributed by atoms with E-state index in [2.05, 4.69) is 32.3 Å². The van der Waals surface area contributed by atoms with Crippen LogP contribution in [0.5, 0.6) is 0 Å². The highest BCUT2D eigenvalue weighted by Crippen LogP contribution is 2.71. The summed E-state index contributed by atoms with van der Waals surface area (Å²) >= 11 is 1.66. The lowest BCUT2D eigenvalue weighted by atomic mass is 9.66. The zero-order valence-electron chi connectivity index (χ0n) is 24.4. The molecule has 0 aromatic heterocycles. The first-order valence-electron chi connectivity index (χ1n) is 14.8. The molecule has 2 bridgehead atoms. The van der Waals surface area contributed by atoms with E-state index >= 15 is 0 Å². The lowest BCUT2D eigenvalue weighted by molar-refractivity contribution is -0.155. The van der Waals surface area contributed by atoms with Crippen molar-refractivity contribution in [3.63, 3.8) is 0 Å². The monoisotopic (exact) mass is 571 g/mol. The number of hydrogen-bond donors (Lipinski definition) is 1. The van der Waals surface area contributed by atoms with E-state index in [4.69, 9.17) is 4.74 Å². The van der Waals surface area contributed by atoms with E-state index in [1.165, 1.54) is 0 Å². The summed E-state index contributed by atoms with van der Waals surface area (Å²) in [4.78, 5) is 47.8. The molecule has 2 amide bonds. The number of carbonyl (C=O) groups excluding carboxylic acids is 3. The Morgan fingerprint density at radius 3 is 2.40 bits per heavy atom. The maximum atomic E-state index is 14.6. The third kappa shape index (κ3) is 5.15. The lowest BCUT2D eigenvalue weighted by Gasteiger charge is -2.37. The number of thioether (sulfide) groups is 1. The van der Waals surface area contributed by atoms with Gasteiger partial charge in [-0.3, -0.25) is 14.4 Å². The topological polar surface area (TPSA) is 90.4 Å². The molecule has 3 fully saturated rings. The molecule has 0 radical (unpaired) electrons. The van der Waals surface area contributed by atoms with Gasteiger partial charge in [0.05, 0.1) is 23.2 Å². The Hall–Kier alpha value is -2.52. The summed E-state index contributed by atoms with van der Waals surface area (Å²) in [6, 6.07) is 7.32. The molecular formula is C31H45N3O5S. The molecule has 1 aromatic rings. The zero-order valence-corrected chi connectivity index (χ0v) is 25.3. The van der Waals surface area contributed by atoms with Crippen molar-refractivity contribution in [2.75, 3.05) is 49.2 Å². The molecule has 3 heterocycles. The summed E-state index contributed by atoms with van der Waals surface area (Å²) in [7, 11) is 0. The number of unbranched alkanes of at least 4 members (excludes halogenated alkanes) is 2. The van der Waals surface area contributed by atoms with Crippen LogP contribution in [0.1, 0.15) is 59.8 Å². The molecule has 1 N–H and O–H groups in total. The van der Waals surface area contributed by atoms with Gasteiger partial charge in [0.25, 0.3) is 5.91 Å². The molecule has 8 nitrogen and oxygen atoms in total. The fraction of sp³-hybridized carbons (Fsp3) is 0.645. The molecule has 0 aliphatic carbocycles. The normalized spacial score (nSPS) is 28.5. The predicted molar refractivity (Wildman–Crippen MR) is 161 cm³/mol. The Kier molecular flexibility index (Phi) is 9.55. The number of esters is 1. The van der Waals surface area contributed by atoms with Gasteiger partial charge < -0.3 is 24.5 Å². The van der Waals surface area contributed by atoms with Crippen molar-refractivity contribution in [3.8, 4) is 0 Å². The fourth-order valence-corrected chi connectivity index (χ4v) is 9.48. The van der Waals surface area contributed by atoms with Crippen LogP contribution in [0.4, 0.5) is 11.4 Å². The van der Waals surface area contributed by atoms with E-state index in [0.717, 1.165) is 37.3 Å². The molecule has 4 rings (SSSR count). The van der Waals surface area contributed by atoms with Crippen LogP contribution in [0, 0.1) is 11.8 Å². The number of amides is 2. The second kappa shape index (κ2) is 12.6. The average molecular weight is 572 g/mol. The van der Waals surface area contributed by atoms with E-state index in [1.807, 2.05) is 24.3 Å². The van der Waals surface area contributed by atoms with Crippen molar-refractivity contribution in [1.82, 2.24) is 4.90 Å². The summed E-state index contributed by atoms with van der Waals surface area (Å²) in [6.45, 7) is 14.9. The van der Waals surface area contributed by atoms with E-state index < -0.39 is 27.4 Å². The number of nitrogens with zero attached hydrogens (tertiary/aromatic N) is 3. The standard InChI is InChI=1S/C31H45N3O5S/c1-6-19-33(23-15-13-22(14-16-23)32(7-2)8-3)28(37)26-31-18-17-30(5,40-31)25(29(38)39-9-4)24(31)27(36)34(26)20-11-10-12-21-35/h6,13-16,24-26,35H,1,7-12,17-21H2,2-5H3/t24-,25+,26?,30-,31?/m0/s1. The Morgan fingerprint density at radius 1 is 1.12 bits per heavy atom. The average Bonchev–Trinajstić information content (AvgIpc) is 3.51. The molecule has 3 aliphatic heterocycles. The van der Waals surface area contributed by atoms with Gasteiger partial charge in [-0.1, -0.05) is 6.08 Å². The van der Waals surface area contributed by atoms with Crippen molar-refractivity contribution in [2.24, 2.45) is 11.8 Å². The van der Waals surface area contributed by atoms with Gasteiger partial charge in [-0.15, -0.1) is 18.3 Å². The zero-order chi connectivity index (χ0) is 29.1. The maximum Gasteiger partial charge on any atom is 0.311 e. The van der Waals surface area contributed by atoms with Crippen molar-refractivity contribution in [2.45, 2.75) is 75.3 Å². The highest BCUT2D eigenvalue weighted by Gasteiger charge is 2.77. The number of anilines is 2. The quantitative estimate of drug-likeness (QED) is 0.203. The summed E-state index contributed by atoms with van der Waals surface area (Å²) in [5.41, 5.74) is 1.86. The number of hydrogen-bond acceptors (Lipinski definition) is 7. The SMILES string of the molecule is C=CCN(C(=O)C1N(CCCCCO)C(=O)[C@@H]2[C@H](C(=O)OCC)[C@]3(C)CCC12S3)c1ccc(N(CC)CC)cc1. The lowest BCUT2D eigenvalue weighted by Crippen LogP contribution is -2.55. The first-order chi connectivity index (χ1) is 19.2. The number of ether oxygens (including phenoxy) is 1. The number of benzene rings is 1. The number of fused-ring (bicyclic) bond motifs is 1. The Morgan fingerprint density at radius 2 is 1.80 bits per heavy atom. The van der Waals surface area contributed by atoms with Gasteiger partial charge in [0, 0.05) is 48.9 Å². The second-order valence-corrected chi connectivity index (χ2v) is 13.1. The molecule has 220 valence electrons. The molecule has 1 spiro atoms. The van der Waals surface area contributed by atoms with Gasteiger partial charge in [-0.2, -0.15) is 0 Å². The summed E-state index contributed by atoms with van der Waals surface area (Å²) in [5, 5.41) is 9.28. The van der Waals surface area contributed by atoms with Gasteiger partial charge >= 0.3 is 5.97 Å². The molecule has 3 saturated heterocycles. The van der Waals surface area contributed by atoms with Crippen LogP contribution in [0.25, 0.3) is 0 Å². The maximum absolute atomic E-state index is 14.6. The van der Waals surface area contributed by atoms with E-state index in [-0.39, 0.29) is 31.0 Å². The van der Waals surface area contributed by atoms with Crippen LogP contribution in [0.15, 0.2) is 36.9 Å². The minimum Gasteiger partial charge on any atom is -0.466 e. The van der Waals surface area contributed by atoms with E-state index in [9.17, 15) is 19.5 Å². The van der Waals surface area contributed by atoms with Crippen molar-refractivity contribution in [1.29, 1.82) is 0 Å². The van der Waals surface area contributed by atoms with E-state index in [0.29, 0.717) is 32.4 Å². The Labute approximate surface area is 243 Å².